The van der Waals surface area contributed by atoms with Gasteiger partial charge in [-0.15, -0.1) is 0 Å². The second-order valence-electron chi connectivity index (χ2n) is 5.63. The Hall–Kier alpha value is -0.590. The van der Waals surface area contributed by atoms with Crippen LogP contribution in [0.5, 0.6) is 0 Å². The van der Waals surface area contributed by atoms with E-state index in [-0.39, 0.29) is 0 Å². The third-order valence-corrected chi connectivity index (χ3v) is 4.22. The molecule has 2 aliphatic rings. The Labute approximate surface area is 98.6 Å². The van der Waals surface area contributed by atoms with Crippen LogP contribution in [0.2, 0.25) is 0 Å². The van der Waals surface area contributed by atoms with Gasteiger partial charge in [0.2, 0.25) is 0 Å². The van der Waals surface area contributed by atoms with Crippen molar-refractivity contribution in [3.63, 3.8) is 0 Å². The second kappa shape index (κ2) is 4.73. The Morgan fingerprint density at radius 1 is 1.25 bits per heavy atom. The zero-order valence-electron chi connectivity index (χ0n) is 10.3. The first-order valence-electron chi connectivity index (χ1n) is 6.56. The SMILES string of the molecule is CN(CC(N)(C#N)C1CC1)C1CCCCC1. The molecule has 0 saturated heterocycles. The molecule has 2 saturated carbocycles. The third-order valence-electron chi connectivity index (χ3n) is 4.22. The molecule has 0 aromatic carbocycles. The van der Waals surface area contributed by atoms with Crippen LogP contribution in [0.1, 0.15) is 44.9 Å². The summed E-state index contributed by atoms with van der Waals surface area (Å²) in [5.74, 6) is 0.448. The average molecular weight is 221 g/mol. The van der Waals surface area contributed by atoms with Gasteiger partial charge >= 0.3 is 0 Å². The summed E-state index contributed by atoms with van der Waals surface area (Å²) in [4.78, 5) is 2.33. The molecule has 3 nitrogen and oxygen atoms in total. The minimum absolute atomic E-state index is 0.448. The fourth-order valence-electron chi connectivity index (χ4n) is 2.92. The van der Waals surface area contributed by atoms with Gasteiger partial charge in [0.25, 0.3) is 0 Å². The number of nitrogens with zero attached hydrogens (tertiary/aromatic N) is 2. The Balaban J connectivity index is 1.89. The standard InChI is InChI=1S/C13H23N3/c1-16(12-5-3-2-4-6-12)10-13(15,9-14)11-7-8-11/h11-12H,2-8,10,15H2,1H3. The first kappa shape index (κ1) is 11.9. The zero-order valence-corrected chi connectivity index (χ0v) is 10.3. The van der Waals surface area contributed by atoms with Crippen molar-refractivity contribution in [2.45, 2.75) is 56.5 Å². The molecular weight excluding hydrogens is 198 g/mol. The van der Waals surface area contributed by atoms with Crippen molar-refractivity contribution in [2.75, 3.05) is 13.6 Å². The van der Waals surface area contributed by atoms with E-state index in [0.29, 0.717) is 12.0 Å². The highest BCUT2D eigenvalue weighted by molar-refractivity contribution is 5.14. The molecular formula is C13H23N3. The van der Waals surface area contributed by atoms with Crippen LogP contribution >= 0.6 is 0 Å². The Morgan fingerprint density at radius 3 is 2.38 bits per heavy atom. The topological polar surface area (TPSA) is 53.0 Å². The largest absolute Gasteiger partial charge is 0.312 e. The normalized spacial score (nSPS) is 26.4. The maximum atomic E-state index is 9.24. The molecule has 0 spiro atoms. The van der Waals surface area contributed by atoms with Crippen LogP contribution in [-0.4, -0.2) is 30.1 Å². The molecule has 0 aromatic heterocycles. The van der Waals surface area contributed by atoms with Crippen LogP contribution < -0.4 is 5.73 Å². The van der Waals surface area contributed by atoms with Crippen molar-refractivity contribution in [3.05, 3.63) is 0 Å². The summed E-state index contributed by atoms with van der Waals surface area (Å²) in [6.45, 7) is 0.749. The second-order valence-corrected chi connectivity index (χ2v) is 5.63. The molecule has 16 heavy (non-hydrogen) atoms. The molecule has 0 heterocycles. The lowest BCUT2D eigenvalue weighted by Crippen LogP contribution is -2.52. The summed E-state index contributed by atoms with van der Waals surface area (Å²) in [7, 11) is 2.14. The molecule has 0 aromatic rings. The highest BCUT2D eigenvalue weighted by atomic mass is 15.2. The summed E-state index contributed by atoms with van der Waals surface area (Å²) in [5.41, 5.74) is 5.62. The lowest BCUT2D eigenvalue weighted by atomic mass is 9.91. The quantitative estimate of drug-likeness (QED) is 0.788. The highest BCUT2D eigenvalue weighted by Gasteiger charge is 2.43. The van der Waals surface area contributed by atoms with E-state index in [1.165, 1.54) is 32.1 Å². The van der Waals surface area contributed by atoms with Gasteiger partial charge in [0.15, 0.2) is 0 Å². The molecule has 0 amide bonds. The number of nitriles is 1. The maximum Gasteiger partial charge on any atom is 0.119 e. The van der Waals surface area contributed by atoms with Crippen molar-refractivity contribution in [2.24, 2.45) is 11.7 Å². The first-order chi connectivity index (χ1) is 7.65. The van der Waals surface area contributed by atoms with Gasteiger partial charge in [0, 0.05) is 12.6 Å². The van der Waals surface area contributed by atoms with Crippen LogP contribution in [0.15, 0.2) is 0 Å². The van der Waals surface area contributed by atoms with E-state index in [0.717, 1.165) is 19.4 Å². The summed E-state index contributed by atoms with van der Waals surface area (Å²) < 4.78 is 0. The minimum atomic E-state index is -0.591. The monoisotopic (exact) mass is 221 g/mol. The van der Waals surface area contributed by atoms with E-state index in [4.69, 9.17) is 5.73 Å². The molecule has 2 N–H and O–H groups in total. The third kappa shape index (κ3) is 2.56. The van der Waals surface area contributed by atoms with E-state index in [2.05, 4.69) is 18.0 Å². The maximum absolute atomic E-state index is 9.24. The van der Waals surface area contributed by atoms with E-state index < -0.39 is 5.54 Å². The van der Waals surface area contributed by atoms with Crippen molar-refractivity contribution in [3.8, 4) is 6.07 Å². The molecule has 90 valence electrons. The van der Waals surface area contributed by atoms with Crippen LogP contribution in [-0.2, 0) is 0 Å². The number of hydrogen-bond acceptors (Lipinski definition) is 3. The molecule has 0 aliphatic heterocycles. The molecule has 3 heteroatoms. The first-order valence-corrected chi connectivity index (χ1v) is 6.56. The zero-order chi connectivity index (χ0) is 11.6. The summed E-state index contributed by atoms with van der Waals surface area (Å²) in [6, 6.07) is 3.00. The van der Waals surface area contributed by atoms with E-state index >= 15 is 0 Å². The number of rotatable bonds is 4. The number of nitrogens with two attached hydrogens (primary N) is 1. The number of hydrogen-bond donors (Lipinski definition) is 1. The summed E-state index contributed by atoms with van der Waals surface area (Å²) >= 11 is 0. The Kier molecular flexibility index (Phi) is 3.51. The minimum Gasteiger partial charge on any atom is -0.312 e. The fraction of sp³-hybridized carbons (Fsp3) is 0.923. The van der Waals surface area contributed by atoms with Gasteiger partial charge in [0.1, 0.15) is 5.54 Å². The fourth-order valence-corrected chi connectivity index (χ4v) is 2.92. The molecule has 0 bridgehead atoms. The Morgan fingerprint density at radius 2 is 1.88 bits per heavy atom. The van der Waals surface area contributed by atoms with Gasteiger partial charge in [0.05, 0.1) is 6.07 Å². The van der Waals surface area contributed by atoms with Crippen molar-refractivity contribution in [1.29, 1.82) is 5.26 Å². The molecule has 1 unspecified atom stereocenters. The smallest absolute Gasteiger partial charge is 0.119 e. The van der Waals surface area contributed by atoms with E-state index in [9.17, 15) is 5.26 Å². The lowest BCUT2D eigenvalue weighted by molar-refractivity contribution is 0.161. The van der Waals surface area contributed by atoms with Crippen LogP contribution in [0.3, 0.4) is 0 Å². The van der Waals surface area contributed by atoms with E-state index in [1.807, 2.05) is 0 Å². The van der Waals surface area contributed by atoms with Gasteiger partial charge in [-0.3, -0.25) is 0 Å². The Bertz CT molecular complexity index is 273. The molecule has 2 fully saturated rings. The predicted molar refractivity (Wildman–Crippen MR) is 64.8 cm³/mol. The molecule has 2 rings (SSSR count). The molecule has 2 aliphatic carbocycles. The van der Waals surface area contributed by atoms with Crippen molar-refractivity contribution >= 4 is 0 Å². The number of likely N-dealkylation sites (N-methyl/N-ethyl adjacent to an activating group) is 1. The average Bonchev–Trinajstić information content (AvgIpc) is 3.14. The van der Waals surface area contributed by atoms with Gasteiger partial charge in [-0.05, 0) is 38.6 Å². The van der Waals surface area contributed by atoms with Gasteiger partial charge in [-0.25, -0.2) is 0 Å². The van der Waals surface area contributed by atoms with Crippen LogP contribution in [0, 0.1) is 17.2 Å². The summed E-state index contributed by atoms with van der Waals surface area (Å²) in [6.07, 6.45) is 8.89. The van der Waals surface area contributed by atoms with Gasteiger partial charge in [-0.1, -0.05) is 19.3 Å². The predicted octanol–water partition coefficient (Wildman–Crippen LogP) is 1.88. The van der Waals surface area contributed by atoms with E-state index in [1.54, 1.807) is 0 Å². The molecule has 0 radical (unpaired) electrons. The highest BCUT2D eigenvalue weighted by Crippen LogP contribution is 2.38. The molecule has 1 atom stereocenters. The lowest BCUT2D eigenvalue weighted by Gasteiger charge is -2.35. The van der Waals surface area contributed by atoms with Crippen molar-refractivity contribution in [1.82, 2.24) is 4.90 Å². The van der Waals surface area contributed by atoms with Crippen LogP contribution in [0.25, 0.3) is 0 Å². The summed E-state index contributed by atoms with van der Waals surface area (Å²) in [5, 5.41) is 9.24. The van der Waals surface area contributed by atoms with Crippen LogP contribution in [0.4, 0.5) is 0 Å². The van der Waals surface area contributed by atoms with Gasteiger partial charge < -0.3 is 10.6 Å². The van der Waals surface area contributed by atoms with Crippen molar-refractivity contribution < 1.29 is 0 Å². The van der Waals surface area contributed by atoms with Gasteiger partial charge in [-0.2, -0.15) is 5.26 Å².